The summed E-state index contributed by atoms with van der Waals surface area (Å²) in [7, 11) is 3.20. The summed E-state index contributed by atoms with van der Waals surface area (Å²) in [5.74, 6) is 0.940. The molecular weight excluding hydrogens is 310 g/mol. The van der Waals surface area contributed by atoms with Crippen LogP contribution in [-0.4, -0.2) is 42.6 Å². The molecule has 0 heterocycles. The van der Waals surface area contributed by atoms with Crippen molar-refractivity contribution in [2.45, 2.75) is 12.5 Å². The first-order valence-corrected chi connectivity index (χ1v) is 7.66. The quantitative estimate of drug-likeness (QED) is 0.436. The average Bonchev–Trinajstić information content (AvgIpc) is 2.60. The van der Waals surface area contributed by atoms with E-state index in [0.717, 1.165) is 12.0 Å². The molecule has 0 saturated heterocycles. The second-order valence-corrected chi connectivity index (χ2v) is 5.41. The van der Waals surface area contributed by atoms with E-state index in [-0.39, 0.29) is 11.5 Å². The maximum Gasteiger partial charge on any atom is 0.160 e. The second kappa shape index (κ2) is 8.42. The number of phenolic OH excluding ortho intramolecular Hbond substituents is 2. The number of aromatic hydroxyl groups is 2. The van der Waals surface area contributed by atoms with Crippen LogP contribution in [0.1, 0.15) is 17.2 Å². The highest BCUT2D eigenvalue weighted by atomic mass is 16.5. The minimum Gasteiger partial charge on any atom is -0.504 e. The first-order valence-electron chi connectivity index (χ1n) is 7.66. The largest absolute Gasteiger partial charge is 0.504 e. The van der Waals surface area contributed by atoms with Gasteiger partial charge in [0.1, 0.15) is 0 Å². The fourth-order valence-electron chi connectivity index (χ4n) is 2.37. The number of hydrogen-bond donors (Lipinski definition) is 4. The zero-order valence-corrected chi connectivity index (χ0v) is 13.8. The summed E-state index contributed by atoms with van der Waals surface area (Å²) in [5, 5.41) is 32.0. The van der Waals surface area contributed by atoms with Gasteiger partial charge in [-0.15, -0.1) is 0 Å². The lowest BCUT2D eigenvalue weighted by molar-refractivity contribution is 0.174. The molecule has 4 N–H and O–H groups in total. The van der Waals surface area contributed by atoms with Gasteiger partial charge in [-0.2, -0.15) is 0 Å². The molecule has 2 aromatic carbocycles. The number of rotatable bonds is 8. The van der Waals surface area contributed by atoms with Gasteiger partial charge >= 0.3 is 0 Å². The SMILES string of the molecule is COc1ccc(CCNC[C@@H](O)c2ccc(O)c(O)c2)cc1OC. The van der Waals surface area contributed by atoms with Gasteiger partial charge in [-0.05, 0) is 48.4 Å². The van der Waals surface area contributed by atoms with Gasteiger partial charge in [0.15, 0.2) is 23.0 Å². The van der Waals surface area contributed by atoms with Gasteiger partial charge in [0, 0.05) is 6.54 Å². The average molecular weight is 333 g/mol. The van der Waals surface area contributed by atoms with Crippen LogP contribution in [-0.2, 0) is 6.42 Å². The molecule has 130 valence electrons. The molecule has 2 aromatic rings. The number of nitrogens with one attached hydrogen (secondary N) is 1. The van der Waals surface area contributed by atoms with E-state index in [0.29, 0.717) is 30.2 Å². The van der Waals surface area contributed by atoms with Crippen molar-refractivity contribution in [2.24, 2.45) is 0 Å². The van der Waals surface area contributed by atoms with Gasteiger partial charge in [0.05, 0.1) is 20.3 Å². The summed E-state index contributed by atoms with van der Waals surface area (Å²) in [6, 6.07) is 10.1. The summed E-state index contributed by atoms with van der Waals surface area (Å²) < 4.78 is 10.5. The van der Waals surface area contributed by atoms with Gasteiger partial charge in [-0.3, -0.25) is 0 Å². The Morgan fingerprint density at radius 2 is 1.71 bits per heavy atom. The van der Waals surface area contributed by atoms with Gasteiger partial charge in [-0.1, -0.05) is 12.1 Å². The fraction of sp³-hybridized carbons (Fsp3) is 0.333. The summed E-state index contributed by atoms with van der Waals surface area (Å²) in [6.07, 6.45) is 0.00960. The van der Waals surface area contributed by atoms with E-state index in [1.165, 1.54) is 12.1 Å². The normalized spacial score (nSPS) is 12.0. The molecule has 0 aliphatic carbocycles. The van der Waals surface area contributed by atoms with E-state index in [4.69, 9.17) is 9.47 Å². The Morgan fingerprint density at radius 1 is 0.958 bits per heavy atom. The Hall–Kier alpha value is -2.44. The number of aliphatic hydroxyl groups excluding tert-OH is 1. The lowest BCUT2D eigenvalue weighted by Crippen LogP contribution is -2.23. The number of hydrogen-bond acceptors (Lipinski definition) is 6. The topological polar surface area (TPSA) is 91.2 Å². The third-order valence-corrected chi connectivity index (χ3v) is 3.76. The molecule has 0 aliphatic heterocycles. The highest BCUT2D eigenvalue weighted by Gasteiger charge is 2.10. The molecule has 6 heteroatoms. The molecule has 0 spiro atoms. The third-order valence-electron chi connectivity index (χ3n) is 3.76. The van der Waals surface area contributed by atoms with E-state index in [1.807, 2.05) is 18.2 Å². The number of methoxy groups -OCH3 is 2. The van der Waals surface area contributed by atoms with Crippen LogP contribution in [0.15, 0.2) is 36.4 Å². The molecule has 0 unspecified atom stereocenters. The van der Waals surface area contributed by atoms with Crippen molar-refractivity contribution in [2.75, 3.05) is 27.3 Å². The first-order chi connectivity index (χ1) is 11.5. The van der Waals surface area contributed by atoms with E-state index < -0.39 is 6.10 Å². The Balaban J connectivity index is 1.83. The summed E-state index contributed by atoms with van der Waals surface area (Å²) >= 11 is 0. The Morgan fingerprint density at radius 3 is 2.38 bits per heavy atom. The maximum atomic E-state index is 10.1. The summed E-state index contributed by atoms with van der Waals surface area (Å²) in [6.45, 7) is 1.02. The molecule has 6 nitrogen and oxygen atoms in total. The number of aliphatic hydroxyl groups is 1. The van der Waals surface area contributed by atoms with Crippen LogP contribution >= 0.6 is 0 Å². The fourth-order valence-corrected chi connectivity index (χ4v) is 2.37. The Bertz CT molecular complexity index is 674. The molecule has 0 aliphatic rings. The van der Waals surface area contributed by atoms with Crippen molar-refractivity contribution in [3.63, 3.8) is 0 Å². The van der Waals surface area contributed by atoms with E-state index in [9.17, 15) is 15.3 Å². The van der Waals surface area contributed by atoms with Crippen molar-refractivity contribution < 1.29 is 24.8 Å². The molecule has 0 aromatic heterocycles. The van der Waals surface area contributed by atoms with Crippen molar-refractivity contribution in [3.8, 4) is 23.0 Å². The zero-order valence-electron chi connectivity index (χ0n) is 13.8. The van der Waals surface area contributed by atoms with Gasteiger partial charge < -0.3 is 30.1 Å². The van der Waals surface area contributed by atoms with Crippen molar-refractivity contribution in [1.29, 1.82) is 0 Å². The van der Waals surface area contributed by atoms with E-state index in [1.54, 1.807) is 20.3 Å². The summed E-state index contributed by atoms with van der Waals surface area (Å²) in [5.41, 5.74) is 1.64. The monoisotopic (exact) mass is 333 g/mol. The van der Waals surface area contributed by atoms with E-state index in [2.05, 4.69) is 5.32 Å². The molecule has 24 heavy (non-hydrogen) atoms. The van der Waals surface area contributed by atoms with Crippen LogP contribution in [0, 0.1) is 0 Å². The molecular formula is C18H23NO5. The van der Waals surface area contributed by atoms with Crippen LogP contribution in [0.3, 0.4) is 0 Å². The number of ether oxygens (including phenoxy) is 2. The smallest absolute Gasteiger partial charge is 0.160 e. The summed E-state index contributed by atoms with van der Waals surface area (Å²) in [4.78, 5) is 0. The number of benzene rings is 2. The lowest BCUT2D eigenvalue weighted by Gasteiger charge is -2.13. The van der Waals surface area contributed by atoms with E-state index >= 15 is 0 Å². The standard InChI is InChI=1S/C18H23NO5/c1-23-17-6-3-12(9-18(17)24-2)7-8-19-11-16(22)13-4-5-14(20)15(21)10-13/h3-6,9-10,16,19-22H,7-8,11H2,1-2H3/t16-/m1/s1. The molecule has 0 radical (unpaired) electrons. The van der Waals surface area contributed by atoms with Crippen molar-refractivity contribution >= 4 is 0 Å². The van der Waals surface area contributed by atoms with Gasteiger partial charge in [0.25, 0.3) is 0 Å². The zero-order chi connectivity index (χ0) is 17.5. The van der Waals surface area contributed by atoms with Crippen LogP contribution < -0.4 is 14.8 Å². The second-order valence-electron chi connectivity index (χ2n) is 5.41. The lowest BCUT2D eigenvalue weighted by atomic mass is 10.1. The minimum atomic E-state index is -0.762. The Kier molecular flexibility index (Phi) is 6.28. The molecule has 0 bridgehead atoms. The van der Waals surface area contributed by atoms with Gasteiger partial charge in [-0.25, -0.2) is 0 Å². The minimum absolute atomic E-state index is 0.202. The van der Waals surface area contributed by atoms with Gasteiger partial charge in [0.2, 0.25) is 0 Å². The van der Waals surface area contributed by atoms with Crippen LogP contribution in [0.2, 0.25) is 0 Å². The Labute approximate surface area is 141 Å². The maximum absolute atomic E-state index is 10.1. The van der Waals surface area contributed by atoms with Crippen LogP contribution in [0.5, 0.6) is 23.0 Å². The molecule has 0 saturated carbocycles. The van der Waals surface area contributed by atoms with Crippen LogP contribution in [0.25, 0.3) is 0 Å². The van der Waals surface area contributed by atoms with Crippen molar-refractivity contribution in [3.05, 3.63) is 47.5 Å². The highest BCUT2D eigenvalue weighted by molar-refractivity contribution is 5.43. The molecule has 0 amide bonds. The molecule has 0 fully saturated rings. The molecule has 1 atom stereocenters. The predicted octanol–water partition coefficient (Wildman–Crippen LogP) is 1.98. The molecule has 2 rings (SSSR count). The predicted molar refractivity (Wildman–Crippen MR) is 90.9 cm³/mol. The number of phenols is 2. The third kappa shape index (κ3) is 4.53. The highest BCUT2D eigenvalue weighted by Crippen LogP contribution is 2.28. The van der Waals surface area contributed by atoms with Crippen molar-refractivity contribution in [1.82, 2.24) is 5.32 Å². The van der Waals surface area contributed by atoms with Crippen LogP contribution in [0.4, 0.5) is 0 Å². The first kappa shape index (κ1) is 17.9.